The molecule has 3 fully saturated rings. The molecule has 38 heavy (non-hydrogen) atoms. The van der Waals surface area contributed by atoms with Crippen LogP contribution in [0.1, 0.15) is 57.5 Å². The standard InChI is InChI=1S/C32H30N2O4/c1-18-6-8-20(9-7-18)30-29(31(37)34-2)25-13-24(23(12-28(33)36)11-27(25)38-30)21-4-3-5-22(10-21)26(35)17-32-14-19(15-32)16-32/h3-11,13,19H,12,14-17H2,1-2H3,(H2,33,36)(H,34,37). The number of benzene rings is 3. The zero-order valence-electron chi connectivity index (χ0n) is 21.6. The monoisotopic (exact) mass is 506 g/mol. The average molecular weight is 507 g/mol. The summed E-state index contributed by atoms with van der Waals surface area (Å²) in [5.74, 6) is 0.697. The third-order valence-electron chi connectivity index (χ3n) is 8.24. The number of hydrogen-bond acceptors (Lipinski definition) is 4. The van der Waals surface area contributed by atoms with Gasteiger partial charge in [0.05, 0.1) is 12.0 Å². The number of nitrogens with one attached hydrogen (secondary N) is 1. The number of ketones is 1. The molecule has 2 bridgehead atoms. The SMILES string of the molecule is CNC(=O)c1c(-c2ccc(C)cc2)oc2cc(CC(N)=O)c(-c3cccc(C(=O)CC45CC(C4)C5)c3)cc12. The lowest BCUT2D eigenvalue weighted by molar-refractivity contribution is -0.117. The number of primary amides is 1. The summed E-state index contributed by atoms with van der Waals surface area (Å²) < 4.78 is 6.23. The normalized spacial score (nSPS) is 19.5. The van der Waals surface area contributed by atoms with Crippen molar-refractivity contribution in [3.05, 3.63) is 82.9 Å². The minimum absolute atomic E-state index is 0.00379. The first-order valence-corrected chi connectivity index (χ1v) is 13.1. The first-order valence-electron chi connectivity index (χ1n) is 13.1. The van der Waals surface area contributed by atoms with Crippen molar-refractivity contribution in [2.45, 2.75) is 39.0 Å². The van der Waals surface area contributed by atoms with Crippen molar-refractivity contribution in [1.82, 2.24) is 5.32 Å². The van der Waals surface area contributed by atoms with Crippen molar-refractivity contribution in [2.24, 2.45) is 17.1 Å². The molecule has 3 N–H and O–H groups in total. The highest BCUT2D eigenvalue weighted by molar-refractivity contribution is 6.12. The predicted octanol–water partition coefficient (Wildman–Crippen LogP) is 5.84. The Kier molecular flexibility index (Phi) is 5.71. The van der Waals surface area contributed by atoms with Gasteiger partial charge in [-0.05, 0) is 72.4 Å². The molecule has 3 aliphatic carbocycles. The van der Waals surface area contributed by atoms with E-state index in [-0.39, 0.29) is 23.5 Å². The van der Waals surface area contributed by atoms with Crippen molar-refractivity contribution in [2.75, 3.05) is 7.05 Å². The molecule has 192 valence electrons. The molecule has 6 nitrogen and oxygen atoms in total. The maximum Gasteiger partial charge on any atom is 0.255 e. The van der Waals surface area contributed by atoms with Crippen LogP contribution in [0, 0.1) is 18.3 Å². The number of rotatable bonds is 8. The molecule has 3 aliphatic rings. The number of hydrogen-bond donors (Lipinski definition) is 2. The van der Waals surface area contributed by atoms with Gasteiger partial charge in [0.1, 0.15) is 11.3 Å². The van der Waals surface area contributed by atoms with Crippen LogP contribution in [0.15, 0.2) is 65.1 Å². The van der Waals surface area contributed by atoms with Crippen LogP contribution < -0.4 is 11.1 Å². The van der Waals surface area contributed by atoms with Gasteiger partial charge in [0.25, 0.3) is 5.91 Å². The molecular formula is C32H30N2O4. The van der Waals surface area contributed by atoms with Gasteiger partial charge in [-0.2, -0.15) is 0 Å². The molecule has 0 saturated heterocycles. The zero-order valence-corrected chi connectivity index (χ0v) is 21.6. The number of amides is 2. The fourth-order valence-electron chi connectivity index (χ4n) is 6.22. The number of carbonyl (C=O) groups excluding carboxylic acids is 3. The molecule has 1 aromatic heterocycles. The van der Waals surface area contributed by atoms with E-state index >= 15 is 0 Å². The number of Topliss-reactive ketones (excluding diaryl/α,β-unsaturated/α-hetero) is 1. The summed E-state index contributed by atoms with van der Waals surface area (Å²) in [7, 11) is 1.59. The lowest BCUT2D eigenvalue weighted by Gasteiger charge is -2.62. The van der Waals surface area contributed by atoms with E-state index < -0.39 is 5.91 Å². The van der Waals surface area contributed by atoms with Gasteiger partial charge in [-0.3, -0.25) is 14.4 Å². The van der Waals surface area contributed by atoms with Crippen molar-refractivity contribution in [1.29, 1.82) is 0 Å². The van der Waals surface area contributed by atoms with Crippen LogP contribution in [0.4, 0.5) is 0 Å². The molecule has 6 heteroatoms. The first kappa shape index (κ1) is 24.2. The van der Waals surface area contributed by atoms with Crippen molar-refractivity contribution >= 4 is 28.6 Å². The second-order valence-electron chi connectivity index (χ2n) is 11.1. The lowest BCUT2D eigenvalue weighted by atomic mass is 9.43. The second-order valence-corrected chi connectivity index (χ2v) is 11.1. The number of nitrogens with two attached hydrogens (primary N) is 1. The van der Waals surface area contributed by atoms with Crippen LogP contribution in [-0.2, 0) is 11.2 Å². The van der Waals surface area contributed by atoms with E-state index in [1.165, 1.54) is 19.3 Å². The molecule has 4 aromatic rings. The van der Waals surface area contributed by atoms with E-state index in [9.17, 15) is 14.4 Å². The third kappa shape index (κ3) is 4.10. The van der Waals surface area contributed by atoms with Crippen LogP contribution in [-0.4, -0.2) is 24.6 Å². The summed E-state index contributed by atoms with van der Waals surface area (Å²) in [5, 5.41) is 3.36. The summed E-state index contributed by atoms with van der Waals surface area (Å²) in [4.78, 5) is 38.3. The Morgan fingerprint density at radius 2 is 1.74 bits per heavy atom. The fraction of sp³-hybridized carbons (Fsp3) is 0.281. The van der Waals surface area contributed by atoms with Crippen molar-refractivity contribution in [3.8, 4) is 22.5 Å². The Morgan fingerprint density at radius 1 is 1.00 bits per heavy atom. The van der Waals surface area contributed by atoms with Crippen LogP contribution >= 0.6 is 0 Å². The molecule has 0 radical (unpaired) electrons. The highest BCUT2D eigenvalue weighted by atomic mass is 16.3. The second kappa shape index (κ2) is 8.98. The first-order chi connectivity index (χ1) is 18.2. The molecule has 0 spiro atoms. The molecule has 0 aliphatic heterocycles. The van der Waals surface area contributed by atoms with E-state index in [0.717, 1.165) is 28.2 Å². The Bertz CT molecular complexity index is 1600. The summed E-state index contributed by atoms with van der Waals surface area (Å²) in [5.41, 5.74) is 11.5. The third-order valence-corrected chi connectivity index (χ3v) is 8.24. The van der Waals surface area contributed by atoms with E-state index in [2.05, 4.69) is 5.32 Å². The molecule has 0 unspecified atom stereocenters. The smallest absolute Gasteiger partial charge is 0.255 e. The lowest BCUT2D eigenvalue weighted by Crippen LogP contribution is -2.52. The van der Waals surface area contributed by atoms with Gasteiger partial charge in [-0.1, -0.05) is 48.0 Å². The van der Waals surface area contributed by atoms with Gasteiger partial charge in [0.2, 0.25) is 5.91 Å². The molecule has 1 heterocycles. The fourth-order valence-corrected chi connectivity index (χ4v) is 6.22. The van der Waals surface area contributed by atoms with Gasteiger partial charge in [-0.15, -0.1) is 0 Å². The average Bonchev–Trinajstić information content (AvgIpc) is 3.22. The topological polar surface area (TPSA) is 102 Å². The molecule has 0 atom stereocenters. The van der Waals surface area contributed by atoms with E-state index in [0.29, 0.717) is 39.8 Å². The van der Waals surface area contributed by atoms with Crippen LogP contribution in [0.2, 0.25) is 0 Å². The number of furan rings is 1. The highest BCUT2D eigenvalue weighted by Crippen LogP contribution is 2.66. The van der Waals surface area contributed by atoms with E-state index in [4.69, 9.17) is 10.2 Å². The van der Waals surface area contributed by atoms with Crippen LogP contribution in [0.5, 0.6) is 0 Å². The van der Waals surface area contributed by atoms with Crippen molar-refractivity contribution in [3.63, 3.8) is 0 Å². The maximum atomic E-state index is 13.2. The number of carbonyl (C=O) groups is 3. The Labute approximate surface area is 221 Å². The summed E-state index contributed by atoms with van der Waals surface area (Å²) in [6.45, 7) is 2.00. The molecular weight excluding hydrogens is 476 g/mol. The van der Waals surface area contributed by atoms with Gasteiger partial charge < -0.3 is 15.5 Å². The van der Waals surface area contributed by atoms with Crippen LogP contribution in [0.25, 0.3) is 33.4 Å². The van der Waals surface area contributed by atoms with Gasteiger partial charge >= 0.3 is 0 Å². The zero-order chi connectivity index (χ0) is 26.6. The van der Waals surface area contributed by atoms with E-state index in [1.54, 1.807) is 13.1 Å². The summed E-state index contributed by atoms with van der Waals surface area (Å²) in [6, 6.07) is 19.0. The maximum absolute atomic E-state index is 13.2. The largest absolute Gasteiger partial charge is 0.455 e. The van der Waals surface area contributed by atoms with E-state index in [1.807, 2.05) is 61.5 Å². The minimum atomic E-state index is -0.474. The Balaban J connectivity index is 1.48. The Morgan fingerprint density at radius 3 is 2.37 bits per heavy atom. The Hall–Kier alpha value is -4.19. The highest BCUT2D eigenvalue weighted by Gasteiger charge is 2.56. The molecule has 7 rings (SSSR count). The van der Waals surface area contributed by atoms with Gasteiger partial charge in [0.15, 0.2) is 5.78 Å². The number of fused-ring (bicyclic) bond motifs is 1. The summed E-state index contributed by atoms with van der Waals surface area (Å²) >= 11 is 0. The minimum Gasteiger partial charge on any atom is -0.455 e. The predicted molar refractivity (Wildman–Crippen MR) is 147 cm³/mol. The van der Waals surface area contributed by atoms with Gasteiger partial charge in [-0.25, -0.2) is 0 Å². The summed E-state index contributed by atoms with van der Waals surface area (Å²) in [6.07, 6.45) is 4.10. The van der Waals surface area contributed by atoms with Crippen molar-refractivity contribution < 1.29 is 18.8 Å². The van der Waals surface area contributed by atoms with Crippen LogP contribution in [0.3, 0.4) is 0 Å². The quantitative estimate of drug-likeness (QED) is 0.293. The number of aryl methyl sites for hydroxylation is 1. The van der Waals surface area contributed by atoms with Gasteiger partial charge in [0, 0.05) is 30.0 Å². The molecule has 3 aromatic carbocycles. The molecule has 2 amide bonds. The molecule has 3 saturated carbocycles.